The van der Waals surface area contributed by atoms with Gasteiger partial charge in [-0.1, -0.05) is 6.92 Å². The number of halogens is 2. The van der Waals surface area contributed by atoms with Gasteiger partial charge in [0.1, 0.15) is 0 Å². The lowest BCUT2D eigenvalue weighted by Crippen LogP contribution is -2.28. The molecule has 0 saturated heterocycles. The highest BCUT2D eigenvalue weighted by Crippen LogP contribution is 2.17. The Kier molecular flexibility index (Phi) is 4.48. The zero-order chi connectivity index (χ0) is 10.6. The Labute approximate surface area is 95.9 Å². The Morgan fingerprint density at radius 3 is 3.00 bits per heavy atom. The van der Waals surface area contributed by atoms with Crippen LogP contribution >= 0.6 is 27.5 Å². The van der Waals surface area contributed by atoms with Crippen molar-refractivity contribution in [2.24, 2.45) is 5.92 Å². The summed E-state index contributed by atoms with van der Waals surface area (Å²) >= 11 is 8.75. The minimum absolute atomic E-state index is 0.150. The molecule has 1 rings (SSSR count). The van der Waals surface area contributed by atoms with Gasteiger partial charge in [-0.3, -0.25) is 4.79 Å². The highest BCUT2D eigenvalue weighted by Gasteiger charge is 2.12. The molecule has 0 fully saturated rings. The van der Waals surface area contributed by atoms with E-state index in [-0.39, 0.29) is 11.8 Å². The van der Waals surface area contributed by atoms with Gasteiger partial charge in [0.25, 0.3) is 5.91 Å². The van der Waals surface area contributed by atoms with Crippen molar-refractivity contribution in [3.05, 3.63) is 22.6 Å². The number of nitrogens with one attached hydrogen (secondary N) is 1. The van der Waals surface area contributed by atoms with Crippen molar-refractivity contribution >= 4 is 33.4 Å². The summed E-state index contributed by atoms with van der Waals surface area (Å²) in [5.74, 6) is 0.654. The van der Waals surface area contributed by atoms with Crippen molar-refractivity contribution in [1.29, 1.82) is 0 Å². The number of carbonyl (C=O) groups is 1. The molecular weight excluding hydrogens is 269 g/mol. The van der Waals surface area contributed by atoms with Crippen LogP contribution in [0.15, 0.2) is 21.4 Å². The smallest absolute Gasteiger partial charge is 0.255 e. The van der Waals surface area contributed by atoms with E-state index in [9.17, 15) is 4.79 Å². The lowest BCUT2D eigenvalue weighted by molar-refractivity contribution is 0.0947. The fourth-order valence-corrected chi connectivity index (χ4v) is 1.40. The molecular formula is C9H11BrClNO2. The lowest BCUT2D eigenvalue weighted by Gasteiger charge is -2.08. The number of hydrogen-bond donors (Lipinski definition) is 1. The fraction of sp³-hybridized carbons (Fsp3) is 0.444. The van der Waals surface area contributed by atoms with Gasteiger partial charge in [-0.15, -0.1) is 11.6 Å². The van der Waals surface area contributed by atoms with Crippen molar-refractivity contribution in [2.75, 3.05) is 12.4 Å². The first-order valence-corrected chi connectivity index (χ1v) is 5.55. The molecule has 1 N–H and O–H groups in total. The van der Waals surface area contributed by atoms with Crippen LogP contribution in [-0.4, -0.2) is 18.3 Å². The lowest BCUT2D eigenvalue weighted by atomic mass is 10.2. The molecule has 1 aromatic heterocycles. The third kappa shape index (κ3) is 3.03. The second-order valence-corrected chi connectivity index (χ2v) is 4.11. The second kappa shape index (κ2) is 5.41. The van der Waals surface area contributed by atoms with E-state index in [2.05, 4.69) is 21.2 Å². The molecule has 0 aromatic carbocycles. The largest absolute Gasteiger partial charge is 0.457 e. The summed E-state index contributed by atoms with van der Waals surface area (Å²) in [6.45, 7) is 2.54. The molecule has 1 unspecified atom stereocenters. The van der Waals surface area contributed by atoms with E-state index in [1.807, 2.05) is 6.92 Å². The van der Waals surface area contributed by atoms with Crippen molar-refractivity contribution in [3.63, 3.8) is 0 Å². The molecule has 0 saturated carbocycles. The fourth-order valence-electron chi connectivity index (χ4n) is 0.872. The molecule has 0 aliphatic heterocycles. The van der Waals surface area contributed by atoms with E-state index >= 15 is 0 Å². The summed E-state index contributed by atoms with van der Waals surface area (Å²) in [4.78, 5) is 11.5. The van der Waals surface area contributed by atoms with Crippen LogP contribution in [-0.2, 0) is 0 Å². The molecule has 0 bridgehead atoms. The van der Waals surface area contributed by atoms with Crippen LogP contribution < -0.4 is 5.32 Å². The average molecular weight is 281 g/mol. The van der Waals surface area contributed by atoms with Gasteiger partial charge in [-0.25, -0.2) is 0 Å². The Morgan fingerprint density at radius 2 is 2.50 bits per heavy atom. The maximum Gasteiger partial charge on any atom is 0.255 e. The van der Waals surface area contributed by atoms with E-state index in [0.717, 1.165) is 0 Å². The summed E-state index contributed by atoms with van der Waals surface area (Å²) in [7, 11) is 0. The monoisotopic (exact) mass is 279 g/mol. The number of amides is 1. The molecule has 1 heterocycles. The van der Waals surface area contributed by atoms with Gasteiger partial charge in [-0.2, -0.15) is 0 Å². The first-order chi connectivity index (χ1) is 6.65. The van der Waals surface area contributed by atoms with E-state index in [1.54, 1.807) is 6.07 Å². The van der Waals surface area contributed by atoms with Crippen LogP contribution in [0.3, 0.4) is 0 Å². The van der Waals surface area contributed by atoms with Crippen LogP contribution in [0.4, 0.5) is 0 Å². The first kappa shape index (κ1) is 11.6. The van der Waals surface area contributed by atoms with Gasteiger partial charge in [0.15, 0.2) is 4.67 Å². The Balaban J connectivity index is 2.47. The van der Waals surface area contributed by atoms with Crippen LogP contribution in [0.1, 0.15) is 17.3 Å². The van der Waals surface area contributed by atoms with E-state index < -0.39 is 0 Å². The SMILES string of the molecule is CC(CCl)CNC(=O)c1ccoc1Br. The summed E-state index contributed by atoms with van der Waals surface area (Å²) < 4.78 is 5.40. The van der Waals surface area contributed by atoms with Crippen molar-refractivity contribution < 1.29 is 9.21 Å². The van der Waals surface area contributed by atoms with Crippen LogP contribution in [0.2, 0.25) is 0 Å². The molecule has 0 radical (unpaired) electrons. The van der Waals surface area contributed by atoms with Gasteiger partial charge in [-0.05, 0) is 27.9 Å². The van der Waals surface area contributed by atoms with Crippen LogP contribution in [0, 0.1) is 5.92 Å². The van der Waals surface area contributed by atoms with Crippen molar-refractivity contribution in [1.82, 2.24) is 5.32 Å². The topological polar surface area (TPSA) is 42.2 Å². The highest BCUT2D eigenvalue weighted by molar-refractivity contribution is 9.10. The van der Waals surface area contributed by atoms with Crippen LogP contribution in [0.5, 0.6) is 0 Å². The number of rotatable bonds is 4. The minimum Gasteiger partial charge on any atom is -0.457 e. The third-order valence-corrected chi connectivity index (χ3v) is 2.88. The summed E-state index contributed by atoms with van der Waals surface area (Å²) in [5, 5.41) is 2.76. The standard InChI is InChI=1S/C9H11BrClNO2/c1-6(4-11)5-12-9(13)7-2-3-14-8(7)10/h2-3,6H,4-5H2,1H3,(H,12,13). The van der Waals surface area contributed by atoms with E-state index in [1.165, 1.54) is 6.26 Å². The molecule has 0 aliphatic carbocycles. The quantitative estimate of drug-likeness (QED) is 0.862. The van der Waals surface area contributed by atoms with E-state index in [4.69, 9.17) is 16.0 Å². The number of carbonyl (C=O) groups excluding carboxylic acids is 1. The highest BCUT2D eigenvalue weighted by atomic mass is 79.9. The molecule has 0 aliphatic rings. The Bertz CT molecular complexity index is 314. The molecule has 1 amide bonds. The Hall–Kier alpha value is -0.480. The Morgan fingerprint density at radius 1 is 1.79 bits per heavy atom. The maximum absolute atomic E-state index is 11.5. The molecule has 1 aromatic rings. The summed E-state index contributed by atoms with van der Waals surface area (Å²) in [6.07, 6.45) is 1.46. The minimum atomic E-state index is -0.150. The molecule has 0 spiro atoms. The molecule has 3 nitrogen and oxygen atoms in total. The number of alkyl halides is 1. The number of furan rings is 1. The summed E-state index contributed by atoms with van der Waals surface area (Å²) in [5.41, 5.74) is 0.506. The van der Waals surface area contributed by atoms with Crippen LogP contribution in [0.25, 0.3) is 0 Å². The van der Waals surface area contributed by atoms with Gasteiger partial charge in [0, 0.05) is 12.4 Å². The normalized spacial score (nSPS) is 12.5. The number of hydrogen-bond acceptors (Lipinski definition) is 2. The molecule has 1 atom stereocenters. The van der Waals surface area contributed by atoms with E-state index in [0.29, 0.717) is 22.7 Å². The molecule has 78 valence electrons. The van der Waals surface area contributed by atoms with Gasteiger partial charge in [0.05, 0.1) is 11.8 Å². The molecule has 5 heteroatoms. The van der Waals surface area contributed by atoms with Gasteiger partial charge < -0.3 is 9.73 Å². The molecule has 14 heavy (non-hydrogen) atoms. The first-order valence-electron chi connectivity index (χ1n) is 4.22. The maximum atomic E-state index is 11.5. The van der Waals surface area contributed by atoms with Crippen molar-refractivity contribution in [3.8, 4) is 0 Å². The predicted octanol–water partition coefficient (Wildman–Crippen LogP) is 2.65. The predicted molar refractivity (Wildman–Crippen MR) is 58.6 cm³/mol. The second-order valence-electron chi connectivity index (χ2n) is 3.08. The zero-order valence-electron chi connectivity index (χ0n) is 7.72. The van der Waals surface area contributed by atoms with Gasteiger partial charge in [0.2, 0.25) is 0 Å². The third-order valence-electron chi connectivity index (χ3n) is 1.74. The summed E-state index contributed by atoms with van der Waals surface area (Å²) in [6, 6.07) is 1.62. The van der Waals surface area contributed by atoms with Gasteiger partial charge >= 0.3 is 0 Å². The zero-order valence-corrected chi connectivity index (χ0v) is 10.1. The van der Waals surface area contributed by atoms with Crippen molar-refractivity contribution in [2.45, 2.75) is 6.92 Å². The average Bonchev–Trinajstić information content (AvgIpc) is 2.60.